The summed E-state index contributed by atoms with van der Waals surface area (Å²) < 4.78 is 5.67. The smallest absolute Gasteiger partial charge is 0.319 e. The first kappa shape index (κ1) is 15.6. The average molecular weight is 317 g/mol. The molecule has 3 rings (SSSR count). The molecule has 0 aromatic heterocycles. The Balaban J connectivity index is 1.64. The number of benzene rings is 1. The number of carbonyl (C=O) groups excluding carboxylic acids is 2. The minimum absolute atomic E-state index is 0.200. The summed E-state index contributed by atoms with van der Waals surface area (Å²) in [5.74, 6) is 0.404. The van der Waals surface area contributed by atoms with Crippen LogP contribution in [-0.4, -0.2) is 23.6 Å². The Morgan fingerprint density at radius 2 is 2.00 bits per heavy atom. The van der Waals surface area contributed by atoms with Crippen LogP contribution in [-0.2, 0) is 4.79 Å². The largest absolute Gasteiger partial charge is 0.476 e. The van der Waals surface area contributed by atoms with Crippen molar-refractivity contribution < 1.29 is 14.3 Å². The summed E-state index contributed by atoms with van der Waals surface area (Å²) in [5, 5.41) is 8.63. The Labute approximate surface area is 136 Å². The molecule has 6 nitrogen and oxygen atoms in total. The van der Waals surface area contributed by atoms with Crippen molar-refractivity contribution in [1.29, 1.82) is 0 Å². The third-order valence-electron chi connectivity index (χ3n) is 4.34. The zero-order valence-corrected chi connectivity index (χ0v) is 13.6. The molecule has 1 saturated carbocycles. The fourth-order valence-electron chi connectivity index (χ4n) is 2.99. The lowest BCUT2D eigenvalue weighted by Gasteiger charge is -2.31. The van der Waals surface area contributed by atoms with Crippen LogP contribution < -0.4 is 20.7 Å². The van der Waals surface area contributed by atoms with Crippen molar-refractivity contribution >= 4 is 23.3 Å². The maximum atomic E-state index is 12.1. The fourth-order valence-corrected chi connectivity index (χ4v) is 2.99. The number of rotatable bonds is 2. The first-order valence-corrected chi connectivity index (χ1v) is 8.16. The van der Waals surface area contributed by atoms with E-state index in [9.17, 15) is 9.59 Å². The minimum Gasteiger partial charge on any atom is -0.476 e. The third kappa shape index (κ3) is 3.57. The van der Waals surface area contributed by atoms with E-state index in [4.69, 9.17) is 4.74 Å². The zero-order valence-electron chi connectivity index (χ0n) is 13.6. The lowest BCUT2D eigenvalue weighted by molar-refractivity contribution is -0.129. The number of fused-ring (bicyclic) bond motifs is 1. The molecule has 2 aliphatic rings. The molecule has 1 heterocycles. The highest BCUT2D eigenvalue weighted by molar-refractivity contribution is 6.01. The highest BCUT2D eigenvalue weighted by atomic mass is 16.5. The van der Waals surface area contributed by atoms with Crippen molar-refractivity contribution in [2.45, 2.75) is 57.6 Å². The summed E-state index contributed by atoms with van der Waals surface area (Å²) >= 11 is 0. The number of hydrogen-bond acceptors (Lipinski definition) is 3. The second-order valence-electron chi connectivity index (χ2n) is 6.71. The van der Waals surface area contributed by atoms with E-state index in [1.54, 1.807) is 32.0 Å². The maximum absolute atomic E-state index is 12.1. The molecule has 1 fully saturated rings. The molecule has 0 saturated heterocycles. The first-order chi connectivity index (χ1) is 10.9. The number of carbonyl (C=O) groups is 2. The van der Waals surface area contributed by atoms with E-state index in [-0.39, 0.29) is 18.0 Å². The van der Waals surface area contributed by atoms with Gasteiger partial charge < -0.3 is 20.7 Å². The Kier molecular flexibility index (Phi) is 4.15. The van der Waals surface area contributed by atoms with Gasteiger partial charge in [-0.25, -0.2) is 4.79 Å². The van der Waals surface area contributed by atoms with Gasteiger partial charge in [-0.3, -0.25) is 4.79 Å². The SMILES string of the molecule is CC1(C)Oc2ccc(NC(=O)NC3CCCCC3)cc2NC1=O. The van der Waals surface area contributed by atoms with Crippen LogP contribution in [0.2, 0.25) is 0 Å². The predicted octanol–water partition coefficient (Wildman–Crippen LogP) is 3.25. The van der Waals surface area contributed by atoms with E-state index in [0.29, 0.717) is 17.1 Å². The van der Waals surface area contributed by atoms with Crippen molar-refractivity contribution in [2.24, 2.45) is 0 Å². The lowest BCUT2D eigenvalue weighted by Crippen LogP contribution is -2.45. The molecule has 23 heavy (non-hydrogen) atoms. The molecule has 6 heteroatoms. The van der Waals surface area contributed by atoms with Crippen molar-refractivity contribution in [3.05, 3.63) is 18.2 Å². The number of nitrogens with one attached hydrogen (secondary N) is 3. The molecule has 0 bridgehead atoms. The molecule has 1 aliphatic heterocycles. The Hall–Kier alpha value is -2.24. The molecule has 0 radical (unpaired) electrons. The molecule has 124 valence electrons. The van der Waals surface area contributed by atoms with Gasteiger partial charge in [-0.15, -0.1) is 0 Å². The van der Waals surface area contributed by atoms with Crippen molar-refractivity contribution in [3.63, 3.8) is 0 Å². The van der Waals surface area contributed by atoms with Crippen LogP contribution in [0, 0.1) is 0 Å². The van der Waals surface area contributed by atoms with Gasteiger partial charge >= 0.3 is 6.03 Å². The van der Waals surface area contributed by atoms with Gasteiger partial charge in [-0.05, 0) is 44.9 Å². The monoisotopic (exact) mass is 317 g/mol. The van der Waals surface area contributed by atoms with Gasteiger partial charge in [0.1, 0.15) is 5.75 Å². The summed E-state index contributed by atoms with van der Waals surface area (Å²) in [5.41, 5.74) is 0.311. The van der Waals surface area contributed by atoms with Crippen molar-refractivity contribution in [2.75, 3.05) is 10.6 Å². The summed E-state index contributed by atoms with van der Waals surface area (Å²) in [6.07, 6.45) is 5.67. The van der Waals surface area contributed by atoms with E-state index >= 15 is 0 Å². The van der Waals surface area contributed by atoms with Gasteiger partial charge in [0.15, 0.2) is 5.60 Å². The lowest BCUT2D eigenvalue weighted by atomic mass is 9.96. The van der Waals surface area contributed by atoms with Gasteiger partial charge in [0.2, 0.25) is 0 Å². The Morgan fingerprint density at radius 1 is 1.26 bits per heavy atom. The van der Waals surface area contributed by atoms with Gasteiger partial charge in [-0.1, -0.05) is 19.3 Å². The fraction of sp³-hybridized carbons (Fsp3) is 0.529. The van der Waals surface area contributed by atoms with Crippen LogP contribution in [0.25, 0.3) is 0 Å². The van der Waals surface area contributed by atoms with Crippen LogP contribution >= 0.6 is 0 Å². The summed E-state index contributed by atoms with van der Waals surface area (Å²) in [7, 11) is 0. The second kappa shape index (κ2) is 6.10. The molecule has 1 aromatic carbocycles. The van der Waals surface area contributed by atoms with Crippen LogP contribution in [0.15, 0.2) is 18.2 Å². The number of ether oxygens (including phenoxy) is 1. The molecular formula is C17H23N3O3. The zero-order chi connectivity index (χ0) is 16.4. The number of anilines is 2. The van der Waals surface area contributed by atoms with Gasteiger partial charge in [0.25, 0.3) is 5.91 Å². The average Bonchev–Trinajstić information content (AvgIpc) is 2.49. The number of urea groups is 1. The van der Waals surface area contributed by atoms with E-state index in [1.807, 2.05) is 0 Å². The molecule has 0 spiro atoms. The summed E-state index contributed by atoms with van der Waals surface area (Å²) in [6, 6.07) is 5.29. The predicted molar refractivity (Wildman–Crippen MR) is 88.8 cm³/mol. The molecule has 0 unspecified atom stereocenters. The highest BCUT2D eigenvalue weighted by Crippen LogP contribution is 2.35. The van der Waals surface area contributed by atoms with Crippen molar-refractivity contribution in [3.8, 4) is 5.75 Å². The van der Waals surface area contributed by atoms with Gasteiger partial charge in [0.05, 0.1) is 5.69 Å². The van der Waals surface area contributed by atoms with E-state index < -0.39 is 5.60 Å². The van der Waals surface area contributed by atoms with Gasteiger partial charge in [0, 0.05) is 11.7 Å². The Morgan fingerprint density at radius 3 is 2.74 bits per heavy atom. The molecular weight excluding hydrogens is 294 g/mol. The molecule has 1 aliphatic carbocycles. The highest BCUT2D eigenvalue weighted by Gasteiger charge is 2.35. The quantitative estimate of drug-likeness (QED) is 0.783. The molecule has 0 atom stereocenters. The third-order valence-corrected chi connectivity index (χ3v) is 4.34. The topological polar surface area (TPSA) is 79.5 Å². The standard InChI is InChI=1S/C17H23N3O3/c1-17(2)15(21)20-13-10-12(8-9-14(13)23-17)19-16(22)18-11-6-4-3-5-7-11/h8-11H,3-7H2,1-2H3,(H,20,21)(H2,18,19,22). The van der Waals surface area contributed by atoms with Crippen molar-refractivity contribution in [1.82, 2.24) is 5.32 Å². The second-order valence-corrected chi connectivity index (χ2v) is 6.71. The summed E-state index contributed by atoms with van der Waals surface area (Å²) in [4.78, 5) is 24.0. The van der Waals surface area contributed by atoms with E-state index in [0.717, 1.165) is 12.8 Å². The van der Waals surface area contributed by atoms with Crippen LogP contribution in [0.4, 0.5) is 16.2 Å². The van der Waals surface area contributed by atoms with Crippen LogP contribution in [0.3, 0.4) is 0 Å². The first-order valence-electron chi connectivity index (χ1n) is 8.16. The van der Waals surface area contributed by atoms with Gasteiger partial charge in [-0.2, -0.15) is 0 Å². The van der Waals surface area contributed by atoms with E-state index in [1.165, 1.54) is 19.3 Å². The molecule has 1 aromatic rings. The van der Waals surface area contributed by atoms with Crippen LogP contribution in [0.1, 0.15) is 46.0 Å². The minimum atomic E-state index is -0.889. The van der Waals surface area contributed by atoms with Crippen LogP contribution in [0.5, 0.6) is 5.75 Å². The van der Waals surface area contributed by atoms with E-state index in [2.05, 4.69) is 16.0 Å². The number of amides is 3. The molecule has 3 amide bonds. The normalized spacial score (nSPS) is 20.0. The molecule has 3 N–H and O–H groups in total. The summed E-state index contributed by atoms with van der Waals surface area (Å²) in [6.45, 7) is 3.43. The maximum Gasteiger partial charge on any atom is 0.319 e. The number of hydrogen-bond donors (Lipinski definition) is 3. The Bertz CT molecular complexity index is 622.